The van der Waals surface area contributed by atoms with E-state index in [9.17, 15) is 9.90 Å². The van der Waals surface area contributed by atoms with Crippen LogP contribution in [0.15, 0.2) is 52.0 Å². The molecule has 2 rings (SSSR count). The molecule has 0 aliphatic carbocycles. The van der Waals surface area contributed by atoms with E-state index >= 15 is 0 Å². The number of benzene rings is 2. The van der Waals surface area contributed by atoms with Crippen molar-refractivity contribution in [2.24, 2.45) is 5.10 Å². The summed E-state index contributed by atoms with van der Waals surface area (Å²) in [4.78, 5) is 11.8. The number of carbonyl (C=O) groups is 1. The van der Waals surface area contributed by atoms with Crippen LogP contribution in [0.4, 0.5) is 0 Å². The molecule has 2 aromatic carbocycles. The summed E-state index contributed by atoms with van der Waals surface area (Å²) in [5, 5.41) is 13.4. The molecular formula is C17H17BrN2O3S. The summed E-state index contributed by atoms with van der Waals surface area (Å²) < 4.78 is 6.05. The lowest BCUT2D eigenvalue weighted by Gasteiger charge is -2.04. The Morgan fingerprint density at radius 2 is 2.17 bits per heavy atom. The SMILES string of the molecule is COc1cc(/C=N/NC(=O)CSCc2ccccc2Br)ccc1O. The van der Waals surface area contributed by atoms with Crippen LogP contribution < -0.4 is 10.2 Å². The maximum atomic E-state index is 11.8. The molecule has 1 amide bonds. The molecule has 5 nitrogen and oxygen atoms in total. The molecule has 0 aliphatic rings. The summed E-state index contributed by atoms with van der Waals surface area (Å²) in [6.45, 7) is 0. The first-order valence-corrected chi connectivity index (χ1v) is 9.05. The first-order chi connectivity index (χ1) is 11.6. The van der Waals surface area contributed by atoms with Gasteiger partial charge in [-0.15, -0.1) is 11.8 Å². The second kappa shape index (κ2) is 9.34. The summed E-state index contributed by atoms with van der Waals surface area (Å²) in [7, 11) is 1.47. The Morgan fingerprint density at radius 1 is 1.38 bits per heavy atom. The Labute approximate surface area is 153 Å². The largest absolute Gasteiger partial charge is 0.504 e. The normalized spacial score (nSPS) is 10.8. The van der Waals surface area contributed by atoms with Crippen LogP contribution in [-0.2, 0) is 10.5 Å². The van der Waals surface area contributed by atoms with Crippen molar-refractivity contribution in [1.29, 1.82) is 0 Å². The van der Waals surface area contributed by atoms with E-state index in [4.69, 9.17) is 4.74 Å². The second-order valence-electron chi connectivity index (χ2n) is 4.81. The number of rotatable bonds is 7. The van der Waals surface area contributed by atoms with E-state index < -0.39 is 0 Å². The number of halogens is 1. The molecule has 126 valence electrons. The van der Waals surface area contributed by atoms with Gasteiger partial charge in [-0.25, -0.2) is 5.43 Å². The van der Waals surface area contributed by atoms with Crippen molar-refractivity contribution in [3.8, 4) is 11.5 Å². The van der Waals surface area contributed by atoms with Gasteiger partial charge in [0.2, 0.25) is 5.91 Å². The highest BCUT2D eigenvalue weighted by atomic mass is 79.9. The summed E-state index contributed by atoms with van der Waals surface area (Å²) in [5.41, 5.74) is 4.34. The van der Waals surface area contributed by atoms with Gasteiger partial charge in [-0.2, -0.15) is 5.10 Å². The summed E-state index contributed by atoms with van der Waals surface area (Å²) in [6, 6.07) is 12.7. The topological polar surface area (TPSA) is 70.9 Å². The number of amides is 1. The van der Waals surface area contributed by atoms with Gasteiger partial charge >= 0.3 is 0 Å². The van der Waals surface area contributed by atoms with Crippen LogP contribution in [0, 0.1) is 0 Å². The monoisotopic (exact) mass is 408 g/mol. The predicted molar refractivity (Wildman–Crippen MR) is 101 cm³/mol. The number of phenolic OH excluding ortho intramolecular Hbond substituents is 1. The van der Waals surface area contributed by atoms with Crippen LogP contribution in [0.3, 0.4) is 0 Å². The minimum atomic E-state index is -0.172. The third-order valence-corrected chi connectivity index (χ3v) is 4.81. The third-order valence-electron chi connectivity index (χ3n) is 3.06. The number of ether oxygens (including phenoxy) is 1. The van der Waals surface area contributed by atoms with Crippen LogP contribution in [0.1, 0.15) is 11.1 Å². The van der Waals surface area contributed by atoms with E-state index in [-0.39, 0.29) is 11.7 Å². The highest BCUT2D eigenvalue weighted by Gasteiger charge is 2.04. The lowest BCUT2D eigenvalue weighted by molar-refractivity contribution is -0.118. The fourth-order valence-corrected chi connectivity index (χ4v) is 3.29. The van der Waals surface area contributed by atoms with Crippen molar-refractivity contribution in [2.75, 3.05) is 12.9 Å². The van der Waals surface area contributed by atoms with E-state index in [1.54, 1.807) is 12.1 Å². The van der Waals surface area contributed by atoms with Crippen LogP contribution >= 0.6 is 27.7 Å². The number of methoxy groups -OCH3 is 1. The van der Waals surface area contributed by atoms with E-state index in [0.717, 1.165) is 15.8 Å². The zero-order chi connectivity index (χ0) is 17.4. The van der Waals surface area contributed by atoms with E-state index in [2.05, 4.69) is 26.5 Å². The highest BCUT2D eigenvalue weighted by molar-refractivity contribution is 9.10. The van der Waals surface area contributed by atoms with Crippen LogP contribution in [0.2, 0.25) is 0 Å². The van der Waals surface area contributed by atoms with Crippen LogP contribution in [0.5, 0.6) is 11.5 Å². The quantitative estimate of drug-likeness (QED) is 0.542. The average Bonchev–Trinajstić information content (AvgIpc) is 2.58. The molecule has 0 saturated carbocycles. The van der Waals surface area contributed by atoms with Gasteiger partial charge in [0.15, 0.2) is 11.5 Å². The van der Waals surface area contributed by atoms with Gasteiger partial charge in [-0.05, 0) is 35.4 Å². The number of phenols is 1. The predicted octanol–water partition coefficient (Wildman–Crippen LogP) is 3.55. The maximum absolute atomic E-state index is 11.8. The molecule has 0 heterocycles. The number of nitrogens with zero attached hydrogens (tertiary/aromatic N) is 1. The average molecular weight is 409 g/mol. The Hall–Kier alpha value is -1.99. The molecule has 0 fully saturated rings. The summed E-state index contributed by atoms with van der Waals surface area (Å²) >= 11 is 5.00. The molecule has 0 unspecified atom stereocenters. The highest BCUT2D eigenvalue weighted by Crippen LogP contribution is 2.25. The minimum Gasteiger partial charge on any atom is -0.504 e. The number of nitrogens with one attached hydrogen (secondary N) is 1. The molecular weight excluding hydrogens is 392 g/mol. The number of hydrogen-bond acceptors (Lipinski definition) is 5. The first-order valence-electron chi connectivity index (χ1n) is 7.10. The Kier molecular flexibility index (Phi) is 7.14. The zero-order valence-electron chi connectivity index (χ0n) is 13.0. The molecule has 0 spiro atoms. The van der Waals surface area contributed by atoms with Gasteiger partial charge in [-0.3, -0.25) is 4.79 Å². The van der Waals surface area contributed by atoms with Crippen molar-refractivity contribution >= 4 is 39.8 Å². The van der Waals surface area contributed by atoms with Crippen molar-refractivity contribution in [3.05, 3.63) is 58.1 Å². The Bertz CT molecular complexity index is 738. The number of thioether (sulfide) groups is 1. The van der Waals surface area contributed by atoms with Gasteiger partial charge in [0, 0.05) is 10.2 Å². The molecule has 0 aliphatic heterocycles. The van der Waals surface area contributed by atoms with Gasteiger partial charge in [0.25, 0.3) is 0 Å². The standard InChI is InChI=1S/C17H17BrN2O3S/c1-23-16-8-12(6-7-15(16)21)9-19-20-17(22)11-24-10-13-4-2-3-5-14(13)18/h2-9,21H,10-11H2,1H3,(H,20,22)/b19-9+. The fourth-order valence-electron chi connectivity index (χ4n) is 1.85. The Balaban J connectivity index is 1.77. The summed E-state index contributed by atoms with van der Waals surface area (Å²) in [6.07, 6.45) is 1.50. The van der Waals surface area contributed by atoms with Gasteiger partial charge < -0.3 is 9.84 Å². The second-order valence-corrected chi connectivity index (χ2v) is 6.65. The smallest absolute Gasteiger partial charge is 0.250 e. The number of aromatic hydroxyl groups is 1. The molecule has 0 saturated heterocycles. The number of hydrazone groups is 1. The van der Waals surface area contributed by atoms with Gasteiger partial charge in [0.1, 0.15) is 0 Å². The molecule has 7 heteroatoms. The van der Waals surface area contributed by atoms with Crippen LogP contribution in [0.25, 0.3) is 0 Å². The number of carbonyl (C=O) groups excluding carboxylic acids is 1. The minimum absolute atomic E-state index is 0.0576. The lowest BCUT2D eigenvalue weighted by atomic mass is 10.2. The molecule has 0 aromatic heterocycles. The first kappa shape index (κ1) is 18.4. The van der Waals surface area contributed by atoms with Crippen molar-refractivity contribution in [2.45, 2.75) is 5.75 Å². The molecule has 2 aromatic rings. The molecule has 2 N–H and O–H groups in total. The van der Waals surface area contributed by atoms with Gasteiger partial charge in [-0.1, -0.05) is 34.1 Å². The van der Waals surface area contributed by atoms with Crippen molar-refractivity contribution in [3.63, 3.8) is 0 Å². The molecule has 0 bridgehead atoms. The van der Waals surface area contributed by atoms with Crippen molar-refractivity contribution in [1.82, 2.24) is 5.43 Å². The fraction of sp³-hybridized carbons (Fsp3) is 0.176. The molecule has 0 radical (unpaired) electrons. The van der Waals surface area contributed by atoms with E-state index in [0.29, 0.717) is 17.1 Å². The summed E-state index contributed by atoms with van der Waals surface area (Å²) in [5.74, 6) is 1.30. The van der Waals surface area contributed by atoms with Crippen LogP contribution in [-0.4, -0.2) is 30.1 Å². The van der Waals surface area contributed by atoms with E-state index in [1.807, 2.05) is 24.3 Å². The number of hydrogen-bond donors (Lipinski definition) is 2. The van der Waals surface area contributed by atoms with E-state index in [1.165, 1.54) is 31.2 Å². The zero-order valence-corrected chi connectivity index (χ0v) is 15.4. The Morgan fingerprint density at radius 3 is 2.92 bits per heavy atom. The molecule has 24 heavy (non-hydrogen) atoms. The third kappa shape index (κ3) is 5.58. The lowest BCUT2D eigenvalue weighted by Crippen LogP contribution is -2.19. The van der Waals surface area contributed by atoms with Gasteiger partial charge in [0.05, 0.1) is 19.1 Å². The maximum Gasteiger partial charge on any atom is 0.250 e. The molecule has 0 atom stereocenters. The van der Waals surface area contributed by atoms with Crippen molar-refractivity contribution < 1.29 is 14.6 Å².